The summed E-state index contributed by atoms with van der Waals surface area (Å²) in [6, 6.07) is 61.2. The van der Waals surface area contributed by atoms with Crippen LogP contribution in [0, 0.1) is 0 Å². The van der Waals surface area contributed by atoms with Crippen molar-refractivity contribution in [1.29, 1.82) is 0 Å². The highest BCUT2D eigenvalue weighted by atomic mass is 16.3. The Morgan fingerprint density at radius 1 is 0.314 bits per heavy atom. The van der Waals surface area contributed by atoms with Crippen molar-refractivity contribution in [3.8, 4) is 56.4 Å². The molecule has 2 aromatic heterocycles. The van der Waals surface area contributed by atoms with E-state index >= 15 is 0 Å². The van der Waals surface area contributed by atoms with E-state index in [1.54, 1.807) is 0 Å². The molecule has 0 aliphatic carbocycles. The quantitative estimate of drug-likeness (QED) is 0.186. The highest BCUT2D eigenvalue weighted by Gasteiger charge is 2.17. The number of nitrogens with zero attached hydrogens (tertiary/aromatic N) is 3. The molecule has 8 aromatic carbocycles. The van der Waals surface area contributed by atoms with Crippen molar-refractivity contribution in [1.82, 2.24) is 15.0 Å². The van der Waals surface area contributed by atoms with Crippen molar-refractivity contribution in [2.45, 2.75) is 0 Å². The molecule has 0 radical (unpaired) electrons. The second-order valence-corrected chi connectivity index (χ2v) is 12.8. The fourth-order valence-corrected chi connectivity index (χ4v) is 7.12. The molecule has 0 saturated heterocycles. The molecule has 0 aliphatic rings. The molecule has 238 valence electrons. The van der Waals surface area contributed by atoms with Crippen LogP contribution in [0.3, 0.4) is 0 Å². The summed E-state index contributed by atoms with van der Waals surface area (Å²) in [5.74, 6) is 1.94. The lowest BCUT2D eigenvalue weighted by atomic mass is 9.93. The zero-order valence-corrected chi connectivity index (χ0v) is 27.5. The van der Waals surface area contributed by atoms with Crippen LogP contribution in [0.4, 0.5) is 0 Å². The van der Waals surface area contributed by atoms with Crippen molar-refractivity contribution in [2.75, 3.05) is 0 Å². The Hall–Kier alpha value is -6.91. The molecule has 4 heteroatoms. The Bertz CT molecular complexity index is 2840. The van der Waals surface area contributed by atoms with Gasteiger partial charge in [0.1, 0.15) is 11.2 Å². The SMILES string of the molecule is c1ccc(-c2nc(-c3ccccc3)nc(-c3ccc(-c4ccc5oc6c7ccccc7c(-c7ccc8ccccc8c7)cc6c5c4)cc3)n2)cc1. The van der Waals surface area contributed by atoms with Crippen molar-refractivity contribution < 1.29 is 4.42 Å². The molecule has 0 bridgehead atoms. The third-order valence-corrected chi connectivity index (χ3v) is 9.71. The molecular weight excluding hydrogens is 623 g/mol. The molecule has 0 atom stereocenters. The van der Waals surface area contributed by atoms with Gasteiger partial charge in [-0.25, -0.2) is 15.0 Å². The molecular formula is C47H29N3O. The molecule has 0 aliphatic heterocycles. The van der Waals surface area contributed by atoms with Gasteiger partial charge in [-0.15, -0.1) is 0 Å². The van der Waals surface area contributed by atoms with Crippen LogP contribution in [0.5, 0.6) is 0 Å². The monoisotopic (exact) mass is 651 g/mol. The van der Waals surface area contributed by atoms with E-state index in [-0.39, 0.29) is 0 Å². The number of rotatable bonds is 5. The van der Waals surface area contributed by atoms with Crippen LogP contribution < -0.4 is 0 Å². The summed E-state index contributed by atoms with van der Waals surface area (Å²) in [5.41, 5.74) is 9.22. The minimum atomic E-state index is 0.638. The maximum atomic E-state index is 6.57. The normalized spacial score (nSPS) is 11.5. The van der Waals surface area contributed by atoms with Crippen LogP contribution in [-0.2, 0) is 0 Å². The fourth-order valence-electron chi connectivity index (χ4n) is 7.12. The highest BCUT2D eigenvalue weighted by Crippen LogP contribution is 2.41. The summed E-state index contributed by atoms with van der Waals surface area (Å²) < 4.78 is 6.57. The molecule has 0 amide bonds. The van der Waals surface area contributed by atoms with Gasteiger partial charge in [-0.2, -0.15) is 0 Å². The number of hydrogen-bond acceptors (Lipinski definition) is 4. The van der Waals surface area contributed by atoms with Gasteiger partial charge in [0.15, 0.2) is 17.5 Å². The highest BCUT2D eigenvalue weighted by molar-refractivity contribution is 6.19. The van der Waals surface area contributed by atoms with E-state index in [0.29, 0.717) is 17.5 Å². The van der Waals surface area contributed by atoms with E-state index in [0.717, 1.165) is 55.1 Å². The molecule has 0 unspecified atom stereocenters. The molecule has 10 rings (SSSR count). The average molecular weight is 652 g/mol. The van der Waals surface area contributed by atoms with E-state index in [4.69, 9.17) is 19.4 Å². The Balaban J connectivity index is 1.07. The van der Waals surface area contributed by atoms with E-state index in [1.165, 1.54) is 27.3 Å². The predicted octanol–water partition coefficient (Wildman–Crippen LogP) is 12.4. The molecule has 0 fully saturated rings. The lowest BCUT2D eigenvalue weighted by Gasteiger charge is -2.10. The Morgan fingerprint density at radius 2 is 0.843 bits per heavy atom. The maximum Gasteiger partial charge on any atom is 0.164 e. The summed E-state index contributed by atoms with van der Waals surface area (Å²) >= 11 is 0. The summed E-state index contributed by atoms with van der Waals surface area (Å²) in [6.45, 7) is 0. The second kappa shape index (κ2) is 11.9. The van der Waals surface area contributed by atoms with E-state index in [1.807, 2.05) is 60.7 Å². The van der Waals surface area contributed by atoms with Crippen molar-refractivity contribution >= 4 is 43.5 Å². The van der Waals surface area contributed by atoms with E-state index in [2.05, 4.69) is 115 Å². The zero-order valence-electron chi connectivity index (χ0n) is 27.5. The summed E-state index contributed by atoms with van der Waals surface area (Å²) in [5, 5.41) is 6.96. The van der Waals surface area contributed by atoms with Crippen LogP contribution in [0.15, 0.2) is 180 Å². The van der Waals surface area contributed by atoms with Crippen molar-refractivity contribution in [2.24, 2.45) is 0 Å². The molecule has 0 spiro atoms. The van der Waals surface area contributed by atoms with Crippen molar-refractivity contribution in [3.05, 3.63) is 176 Å². The number of aromatic nitrogens is 3. The topological polar surface area (TPSA) is 51.8 Å². The van der Waals surface area contributed by atoms with Gasteiger partial charge in [0.05, 0.1) is 0 Å². The van der Waals surface area contributed by atoms with Crippen LogP contribution in [-0.4, -0.2) is 15.0 Å². The number of benzene rings is 8. The minimum Gasteiger partial charge on any atom is -0.455 e. The molecule has 0 saturated carbocycles. The Kier molecular flexibility index (Phi) is 6.78. The van der Waals surface area contributed by atoms with Gasteiger partial charge in [-0.3, -0.25) is 0 Å². The number of furan rings is 1. The predicted molar refractivity (Wildman–Crippen MR) is 209 cm³/mol. The largest absolute Gasteiger partial charge is 0.455 e. The van der Waals surface area contributed by atoms with Crippen LogP contribution in [0.2, 0.25) is 0 Å². The average Bonchev–Trinajstić information content (AvgIpc) is 3.59. The van der Waals surface area contributed by atoms with Crippen LogP contribution in [0.1, 0.15) is 0 Å². The number of hydrogen-bond donors (Lipinski definition) is 0. The van der Waals surface area contributed by atoms with Crippen LogP contribution >= 0.6 is 0 Å². The number of fused-ring (bicyclic) bond motifs is 6. The first-order valence-corrected chi connectivity index (χ1v) is 17.1. The first kappa shape index (κ1) is 29.0. The molecule has 2 heterocycles. The van der Waals surface area contributed by atoms with Crippen molar-refractivity contribution in [3.63, 3.8) is 0 Å². The minimum absolute atomic E-state index is 0.638. The zero-order chi connectivity index (χ0) is 33.7. The van der Waals surface area contributed by atoms with Gasteiger partial charge in [-0.1, -0.05) is 152 Å². The Morgan fingerprint density at radius 3 is 1.53 bits per heavy atom. The standard InChI is InChI=1S/C47H29N3O/c1-3-12-32(13-4-1)45-48-46(33-14-5-2-6-15-33)50-47(49-45)34-22-19-31(20-23-34)36-25-26-43-41(28-36)42-29-40(38-17-9-10-18-39(38)44(42)51-43)37-24-21-30-11-7-8-16-35(30)27-37/h1-29H. The third-order valence-electron chi connectivity index (χ3n) is 9.71. The Labute approximate surface area is 294 Å². The van der Waals surface area contributed by atoms with E-state index in [9.17, 15) is 0 Å². The first-order valence-electron chi connectivity index (χ1n) is 17.1. The van der Waals surface area contributed by atoms with Crippen LogP contribution in [0.25, 0.3) is 99.9 Å². The molecule has 51 heavy (non-hydrogen) atoms. The van der Waals surface area contributed by atoms with Gasteiger partial charge < -0.3 is 4.42 Å². The molecule has 0 N–H and O–H groups in total. The van der Waals surface area contributed by atoms with Gasteiger partial charge in [0, 0.05) is 32.8 Å². The third kappa shape index (κ3) is 5.13. The first-order chi connectivity index (χ1) is 25.2. The summed E-state index contributed by atoms with van der Waals surface area (Å²) in [4.78, 5) is 14.7. The second-order valence-electron chi connectivity index (χ2n) is 12.8. The summed E-state index contributed by atoms with van der Waals surface area (Å²) in [6.07, 6.45) is 0. The smallest absolute Gasteiger partial charge is 0.164 e. The maximum absolute atomic E-state index is 6.57. The van der Waals surface area contributed by atoms with Gasteiger partial charge >= 0.3 is 0 Å². The lowest BCUT2D eigenvalue weighted by molar-refractivity contribution is 0.673. The molecule has 10 aromatic rings. The van der Waals surface area contributed by atoms with Gasteiger partial charge in [0.25, 0.3) is 0 Å². The van der Waals surface area contributed by atoms with E-state index < -0.39 is 0 Å². The van der Waals surface area contributed by atoms with Gasteiger partial charge in [-0.05, 0) is 62.7 Å². The van der Waals surface area contributed by atoms with Gasteiger partial charge in [0.2, 0.25) is 0 Å². The summed E-state index contributed by atoms with van der Waals surface area (Å²) in [7, 11) is 0. The molecule has 4 nitrogen and oxygen atoms in total. The lowest BCUT2D eigenvalue weighted by Crippen LogP contribution is -2.00. The fraction of sp³-hybridized carbons (Fsp3) is 0.